The molecule has 1 aliphatic heterocycles. The lowest BCUT2D eigenvalue weighted by molar-refractivity contribution is 0.181. The van der Waals surface area contributed by atoms with Crippen LogP contribution in [0, 0.1) is 5.92 Å². The molecule has 3 rings (SSSR count). The van der Waals surface area contributed by atoms with E-state index in [9.17, 15) is 0 Å². The Morgan fingerprint density at radius 1 is 1.21 bits per heavy atom. The Balaban J connectivity index is 1.72. The summed E-state index contributed by atoms with van der Waals surface area (Å²) in [6.07, 6.45) is 8.27. The number of aromatic nitrogens is 1. The monoisotopic (exact) mass is 279 g/mol. The van der Waals surface area contributed by atoms with Crippen molar-refractivity contribution >= 4 is 17.4 Å². The number of halogens is 1. The van der Waals surface area contributed by atoms with Gasteiger partial charge in [0.2, 0.25) is 0 Å². The summed E-state index contributed by atoms with van der Waals surface area (Å²) < 4.78 is 0. The summed E-state index contributed by atoms with van der Waals surface area (Å²) in [4.78, 5) is 6.97. The van der Waals surface area contributed by atoms with Gasteiger partial charge in [-0.1, -0.05) is 24.4 Å². The molecule has 1 saturated carbocycles. The fourth-order valence-corrected chi connectivity index (χ4v) is 3.89. The Kier molecular flexibility index (Phi) is 3.94. The predicted molar refractivity (Wildman–Crippen MR) is 79.0 cm³/mol. The van der Waals surface area contributed by atoms with E-state index in [-0.39, 0.29) is 0 Å². The fraction of sp³-hybridized carbons (Fsp3) is 0.667. The summed E-state index contributed by atoms with van der Waals surface area (Å²) in [6.45, 7) is 2.03. The van der Waals surface area contributed by atoms with Crippen LogP contribution in [0.5, 0.6) is 0 Å². The number of nitrogens with zero attached hydrogens (tertiary/aromatic N) is 2. The molecule has 1 aromatic heterocycles. The molecule has 2 N–H and O–H groups in total. The van der Waals surface area contributed by atoms with Gasteiger partial charge in [0.15, 0.2) is 0 Å². The third-order valence-corrected chi connectivity index (χ3v) is 5.00. The average molecular weight is 280 g/mol. The van der Waals surface area contributed by atoms with Crippen LogP contribution in [0.4, 0.5) is 5.82 Å². The first-order valence-corrected chi connectivity index (χ1v) is 7.77. The van der Waals surface area contributed by atoms with Crippen molar-refractivity contribution < 1.29 is 0 Å². The van der Waals surface area contributed by atoms with Gasteiger partial charge in [0.05, 0.1) is 10.7 Å². The molecule has 0 aromatic carbocycles. The highest BCUT2D eigenvalue weighted by atomic mass is 35.5. The van der Waals surface area contributed by atoms with Gasteiger partial charge in [-0.2, -0.15) is 0 Å². The molecular weight excluding hydrogens is 258 g/mol. The molecule has 1 saturated heterocycles. The summed E-state index contributed by atoms with van der Waals surface area (Å²) in [5.74, 6) is 1.46. The van der Waals surface area contributed by atoms with Crippen molar-refractivity contribution in [3.8, 4) is 0 Å². The Hall–Kier alpha value is -0.800. The van der Waals surface area contributed by atoms with Crippen LogP contribution >= 0.6 is 11.6 Å². The van der Waals surface area contributed by atoms with Crippen molar-refractivity contribution in [1.29, 1.82) is 0 Å². The number of pyridine rings is 1. The minimum absolute atomic E-state index is 0.566. The molecule has 2 aliphatic rings. The van der Waals surface area contributed by atoms with Gasteiger partial charge in [-0.3, -0.25) is 4.90 Å². The molecular formula is C15H22ClN3. The normalized spacial score (nSPS) is 25.2. The molecule has 1 atom stereocenters. The van der Waals surface area contributed by atoms with Gasteiger partial charge in [-0.05, 0) is 50.3 Å². The minimum atomic E-state index is 0.566. The smallest absolute Gasteiger partial charge is 0.123 e. The van der Waals surface area contributed by atoms with Crippen molar-refractivity contribution in [1.82, 2.24) is 9.88 Å². The van der Waals surface area contributed by atoms with Crippen LogP contribution in [0.1, 0.15) is 44.2 Å². The van der Waals surface area contributed by atoms with Crippen LogP contribution in [0.15, 0.2) is 12.1 Å². The molecule has 19 heavy (non-hydrogen) atoms. The molecule has 4 heteroatoms. The number of hydrogen-bond acceptors (Lipinski definition) is 3. The molecule has 0 radical (unpaired) electrons. The Bertz CT molecular complexity index is 443. The highest BCUT2D eigenvalue weighted by molar-refractivity contribution is 6.31. The molecule has 3 nitrogen and oxygen atoms in total. The van der Waals surface area contributed by atoms with Crippen molar-refractivity contribution in [2.45, 2.75) is 51.1 Å². The second-order valence-corrected chi connectivity index (χ2v) is 6.30. The highest BCUT2D eigenvalue weighted by Gasteiger charge is 2.33. The minimum Gasteiger partial charge on any atom is -0.384 e. The maximum Gasteiger partial charge on any atom is 0.123 e. The lowest BCUT2D eigenvalue weighted by Crippen LogP contribution is -2.34. The lowest BCUT2D eigenvalue weighted by atomic mass is 9.96. The molecule has 1 unspecified atom stereocenters. The zero-order valence-corrected chi connectivity index (χ0v) is 12.1. The third-order valence-electron chi connectivity index (χ3n) is 4.65. The first-order valence-electron chi connectivity index (χ1n) is 7.39. The van der Waals surface area contributed by atoms with Gasteiger partial charge in [-0.15, -0.1) is 0 Å². The van der Waals surface area contributed by atoms with E-state index in [2.05, 4.69) is 9.88 Å². The van der Waals surface area contributed by atoms with Crippen LogP contribution in [0.2, 0.25) is 5.02 Å². The number of likely N-dealkylation sites (tertiary alicyclic amines) is 1. The summed E-state index contributed by atoms with van der Waals surface area (Å²) >= 11 is 6.24. The summed E-state index contributed by atoms with van der Waals surface area (Å²) in [5, 5.41) is 0.742. The maximum absolute atomic E-state index is 6.24. The van der Waals surface area contributed by atoms with Gasteiger partial charge in [0.25, 0.3) is 0 Å². The van der Waals surface area contributed by atoms with Gasteiger partial charge in [-0.25, -0.2) is 4.98 Å². The summed E-state index contributed by atoms with van der Waals surface area (Å²) in [7, 11) is 0. The van der Waals surface area contributed by atoms with Crippen LogP contribution in [-0.2, 0) is 6.54 Å². The molecule has 1 aromatic rings. The van der Waals surface area contributed by atoms with Crippen molar-refractivity contribution in [2.24, 2.45) is 5.92 Å². The van der Waals surface area contributed by atoms with Crippen molar-refractivity contribution in [3.63, 3.8) is 0 Å². The lowest BCUT2D eigenvalue weighted by Gasteiger charge is -2.29. The van der Waals surface area contributed by atoms with Crippen LogP contribution < -0.4 is 5.73 Å². The van der Waals surface area contributed by atoms with E-state index in [1.54, 1.807) is 6.07 Å². The number of rotatable bonds is 3. The highest BCUT2D eigenvalue weighted by Crippen LogP contribution is 2.36. The Morgan fingerprint density at radius 3 is 2.79 bits per heavy atom. The topological polar surface area (TPSA) is 42.1 Å². The molecule has 1 aliphatic carbocycles. The van der Waals surface area contributed by atoms with Crippen LogP contribution in [0.3, 0.4) is 0 Å². The summed E-state index contributed by atoms with van der Waals surface area (Å²) in [6, 6.07) is 4.37. The second-order valence-electron chi connectivity index (χ2n) is 5.89. The predicted octanol–water partition coefficient (Wildman–Crippen LogP) is 3.47. The number of nitrogens with two attached hydrogens (primary N) is 1. The fourth-order valence-electron chi connectivity index (χ4n) is 3.73. The first kappa shape index (κ1) is 13.2. The zero-order valence-electron chi connectivity index (χ0n) is 11.3. The van der Waals surface area contributed by atoms with E-state index in [0.29, 0.717) is 5.82 Å². The number of nitrogen functional groups attached to an aromatic ring is 1. The van der Waals surface area contributed by atoms with E-state index in [1.165, 1.54) is 45.1 Å². The van der Waals surface area contributed by atoms with Gasteiger partial charge >= 0.3 is 0 Å². The molecule has 0 amide bonds. The molecule has 0 bridgehead atoms. The van der Waals surface area contributed by atoms with E-state index in [1.807, 2.05) is 6.07 Å². The average Bonchev–Trinajstić information content (AvgIpc) is 3.03. The number of anilines is 1. The summed E-state index contributed by atoms with van der Waals surface area (Å²) in [5.41, 5.74) is 6.71. The van der Waals surface area contributed by atoms with Crippen molar-refractivity contribution in [2.75, 3.05) is 12.3 Å². The van der Waals surface area contributed by atoms with E-state index in [0.717, 1.165) is 29.2 Å². The van der Waals surface area contributed by atoms with E-state index < -0.39 is 0 Å². The van der Waals surface area contributed by atoms with E-state index in [4.69, 9.17) is 17.3 Å². The Labute approximate surface area is 120 Å². The van der Waals surface area contributed by atoms with Gasteiger partial charge in [0.1, 0.15) is 5.82 Å². The molecule has 2 heterocycles. The maximum atomic E-state index is 6.24. The largest absolute Gasteiger partial charge is 0.384 e. The quantitative estimate of drug-likeness (QED) is 0.921. The number of hydrogen-bond donors (Lipinski definition) is 1. The second kappa shape index (κ2) is 5.68. The SMILES string of the molecule is Nc1ccc(Cl)c(CN2CCCC2C2CCCC2)n1. The van der Waals surface area contributed by atoms with Gasteiger partial charge < -0.3 is 5.73 Å². The van der Waals surface area contributed by atoms with Crippen molar-refractivity contribution in [3.05, 3.63) is 22.8 Å². The van der Waals surface area contributed by atoms with E-state index >= 15 is 0 Å². The van der Waals surface area contributed by atoms with Crippen LogP contribution in [0.25, 0.3) is 0 Å². The van der Waals surface area contributed by atoms with Crippen LogP contribution in [-0.4, -0.2) is 22.5 Å². The molecule has 104 valence electrons. The Morgan fingerprint density at radius 2 is 2.00 bits per heavy atom. The third kappa shape index (κ3) is 2.87. The molecule has 0 spiro atoms. The first-order chi connectivity index (χ1) is 9.24. The standard InChI is InChI=1S/C15H22ClN3/c16-12-7-8-15(17)18-13(12)10-19-9-3-6-14(19)11-4-1-2-5-11/h7-8,11,14H,1-6,9-10H2,(H2,17,18). The molecule has 2 fully saturated rings. The van der Waals surface area contributed by atoms with Gasteiger partial charge in [0, 0.05) is 12.6 Å². The zero-order chi connectivity index (χ0) is 13.2.